The van der Waals surface area contributed by atoms with Gasteiger partial charge in [0.15, 0.2) is 0 Å². The first-order chi connectivity index (χ1) is 8.58. The number of carboxylic acid groups (broad SMARTS) is 1. The van der Waals surface area contributed by atoms with Crippen molar-refractivity contribution in [3.8, 4) is 0 Å². The quantitative estimate of drug-likeness (QED) is 0.857. The van der Waals surface area contributed by atoms with Crippen molar-refractivity contribution < 1.29 is 14.3 Å². The highest BCUT2D eigenvalue weighted by atomic mass is 19.1. The van der Waals surface area contributed by atoms with Gasteiger partial charge in [0.25, 0.3) is 0 Å². The molecule has 0 unspecified atom stereocenters. The van der Waals surface area contributed by atoms with Crippen LogP contribution in [-0.2, 0) is 6.42 Å². The molecule has 0 radical (unpaired) electrons. The molecule has 0 saturated carbocycles. The molecule has 1 aromatic heterocycles. The van der Waals surface area contributed by atoms with Crippen LogP contribution in [0.15, 0.2) is 30.5 Å². The minimum Gasteiger partial charge on any atom is -0.477 e. The molecule has 0 saturated heterocycles. The van der Waals surface area contributed by atoms with Gasteiger partial charge in [0.05, 0.1) is 0 Å². The van der Waals surface area contributed by atoms with Crippen molar-refractivity contribution in [3.63, 3.8) is 0 Å². The second kappa shape index (κ2) is 4.79. The molecule has 0 amide bonds. The lowest BCUT2D eigenvalue weighted by molar-refractivity contribution is 0.0697. The van der Waals surface area contributed by atoms with Gasteiger partial charge in [0.1, 0.15) is 23.0 Å². The molecule has 1 heterocycles. The van der Waals surface area contributed by atoms with Crippen molar-refractivity contribution >= 4 is 11.8 Å². The number of carbonyl (C=O) groups is 1. The Labute approximate surface area is 102 Å². The van der Waals surface area contributed by atoms with E-state index in [-0.39, 0.29) is 29.4 Å². The number of carboxylic acids is 1. The summed E-state index contributed by atoms with van der Waals surface area (Å²) in [5.74, 6) is -1.39. The average Bonchev–Trinajstić information content (AvgIpc) is 2.32. The van der Waals surface area contributed by atoms with E-state index < -0.39 is 5.97 Å². The third-order valence-electron chi connectivity index (χ3n) is 2.40. The number of nitrogens with two attached hydrogens (primary N) is 1. The molecule has 6 heteroatoms. The predicted octanol–water partition coefficient (Wildman–Crippen LogP) is 1.49. The maximum absolute atomic E-state index is 13.4. The van der Waals surface area contributed by atoms with E-state index in [2.05, 4.69) is 9.97 Å². The molecule has 18 heavy (non-hydrogen) atoms. The van der Waals surface area contributed by atoms with Crippen LogP contribution in [0.3, 0.4) is 0 Å². The third kappa shape index (κ3) is 2.42. The van der Waals surface area contributed by atoms with Crippen LogP contribution in [0.5, 0.6) is 0 Å². The van der Waals surface area contributed by atoms with E-state index >= 15 is 0 Å². The summed E-state index contributed by atoms with van der Waals surface area (Å²) in [7, 11) is 0. The topological polar surface area (TPSA) is 89.1 Å². The van der Waals surface area contributed by atoms with Crippen molar-refractivity contribution in [3.05, 3.63) is 53.2 Å². The van der Waals surface area contributed by atoms with Crippen LogP contribution < -0.4 is 5.73 Å². The van der Waals surface area contributed by atoms with Gasteiger partial charge in [-0.15, -0.1) is 0 Å². The molecular formula is C12H10FN3O2. The fourth-order valence-electron chi connectivity index (χ4n) is 1.50. The van der Waals surface area contributed by atoms with Gasteiger partial charge in [-0.05, 0) is 11.6 Å². The van der Waals surface area contributed by atoms with Crippen LogP contribution in [0.1, 0.15) is 21.7 Å². The van der Waals surface area contributed by atoms with Crippen LogP contribution >= 0.6 is 0 Å². The number of nitrogen functional groups attached to an aromatic ring is 1. The second-order valence-corrected chi connectivity index (χ2v) is 3.66. The van der Waals surface area contributed by atoms with E-state index in [9.17, 15) is 9.18 Å². The van der Waals surface area contributed by atoms with Gasteiger partial charge in [-0.3, -0.25) is 0 Å². The van der Waals surface area contributed by atoms with Gasteiger partial charge in [-0.2, -0.15) is 0 Å². The van der Waals surface area contributed by atoms with Gasteiger partial charge in [0, 0.05) is 12.6 Å². The molecule has 92 valence electrons. The predicted molar refractivity (Wildman–Crippen MR) is 62.6 cm³/mol. The summed E-state index contributed by atoms with van der Waals surface area (Å²) in [5, 5.41) is 8.77. The lowest BCUT2D eigenvalue weighted by Gasteiger charge is -2.04. The summed E-state index contributed by atoms with van der Waals surface area (Å²) in [6.07, 6.45) is 1.29. The molecule has 0 spiro atoms. The Kier molecular flexibility index (Phi) is 3.18. The highest BCUT2D eigenvalue weighted by Crippen LogP contribution is 2.13. The fourth-order valence-corrected chi connectivity index (χ4v) is 1.50. The number of anilines is 1. The third-order valence-corrected chi connectivity index (χ3v) is 2.40. The summed E-state index contributed by atoms with van der Waals surface area (Å²) in [6, 6.07) is 6.24. The number of aromatic carboxylic acids is 1. The summed E-state index contributed by atoms with van der Waals surface area (Å²) < 4.78 is 13.4. The molecule has 0 aliphatic heterocycles. The highest BCUT2D eigenvalue weighted by Gasteiger charge is 2.12. The van der Waals surface area contributed by atoms with Crippen molar-refractivity contribution in [2.75, 3.05) is 5.73 Å². The molecular weight excluding hydrogens is 237 g/mol. The molecule has 5 nitrogen and oxygen atoms in total. The Bertz CT molecular complexity index is 602. The van der Waals surface area contributed by atoms with Crippen LogP contribution in [0.2, 0.25) is 0 Å². The zero-order valence-corrected chi connectivity index (χ0v) is 9.30. The average molecular weight is 247 g/mol. The molecule has 0 bridgehead atoms. The monoisotopic (exact) mass is 247 g/mol. The van der Waals surface area contributed by atoms with Crippen molar-refractivity contribution in [2.24, 2.45) is 0 Å². The minimum absolute atomic E-state index is 0.121. The molecule has 1 aromatic carbocycles. The van der Waals surface area contributed by atoms with Crippen LogP contribution in [-0.4, -0.2) is 21.0 Å². The molecule has 0 fully saturated rings. The Hall–Kier alpha value is -2.50. The van der Waals surface area contributed by atoms with E-state index in [0.29, 0.717) is 5.56 Å². The number of aromatic nitrogens is 2. The smallest absolute Gasteiger partial charge is 0.341 e. The Morgan fingerprint density at radius 1 is 1.39 bits per heavy atom. The van der Waals surface area contributed by atoms with Crippen LogP contribution in [0.4, 0.5) is 10.2 Å². The summed E-state index contributed by atoms with van der Waals surface area (Å²) in [6.45, 7) is 0. The maximum atomic E-state index is 13.4. The number of benzene rings is 1. The molecule has 0 atom stereocenters. The van der Waals surface area contributed by atoms with Crippen molar-refractivity contribution in [1.82, 2.24) is 9.97 Å². The second-order valence-electron chi connectivity index (χ2n) is 3.66. The maximum Gasteiger partial charge on any atom is 0.341 e. The standard InChI is InChI=1S/C12H10FN3O2/c13-9-4-2-1-3-7(9)5-10-15-6-8(12(17)18)11(14)16-10/h1-4,6H,5H2,(H,17,18)(H2,14,15,16). The molecule has 0 aliphatic rings. The lowest BCUT2D eigenvalue weighted by Crippen LogP contribution is -2.09. The molecule has 2 rings (SSSR count). The van der Waals surface area contributed by atoms with Gasteiger partial charge >= 0.3 is 5.97 Å². The fraction of sp³-hybridized carbons (Fsp3) is 0.0833. The Balaban J connectivity index is 2.29. The van der Waals surface area contributed by atoms with E-state index in [4.69, 9.17) is 10.8 Å². The first-order valence-electron chi connectivity index (χ1n) is 5.16. The number of hydrogen-bond acceptors (Lipinski definition) is 4. The van der Waals surface area contributed by atoms with Gasteiger partial charge < -0.3 is 10.8 Å². The van der Waals surface area contributed by atoms with Crippen molar-refractivity contribution in [1.29, 1.82) is 0 Å². The first kappa shape index (κ1) is 12.0. The number of nitrogens with zero attached hydrogens (tertiary/aromatic N) is 2. The zero-order valence-electron chi connectivity index (χ0n) is 9.30. The molecule has 0 aliphatic carbocycles. The van der Waals surface area contributed by atoms with E-state index in [1.165, 1.54) is 6.07 Å². The summed E-state index contributed by atoms with van der Waals surface area (Å²) in [4.78, 5) is 18.4. The van der Waals surface area contributed by atoms with Gasteiger partial charge in [0.2, 0.25) is 0 Å². The normalized spacial score (nSPS) is 10.3. The number of halogens is 1. The van der Waals surface area contributed by atoms with Gasteiger partial charge in [-0.1, -0.05) is 18.2 Å². The van der Waals surface area contributed by atoms with Crippen LogP contribution in [0.25, 0.3) is 0 Å². The largest absolute Gasteiger partial charge is 0.477 e. The Morgan fingerprint density at radius 2 is 2.11 bits per heavy atom. The van der Waals surface area contributed by atoms with E-state index in [1.54, 1.807) is 18.2 Å². The minimum atomic E-state index is -1.19. The van der Waals surface area contributed by atoms with E-state index in [1.807, 2.05) is 0 Å². The molecule has 3 N–H and O–H groups in total. The number of rotatable bonds is 3. The Morgan fingerprint density at radius 3 is 2.72 bits per heavy atom. The van der Waals surface area contributed by atoms with Gasteiger partial charge in [-0.25, -0.2) is 19.2 Å². The first-order valence-corrected chi connectivity index (χ1v) is 5.16. The van der Waals surface area contributed by atoms with Crippen molar-refractivity contribution in [2.45, 2.75) is 6.42 Å². The molecule has 2 aromatic rings. The lowest BCUT2D eigenvalue weighted by atomic mass is 10.1. The summed E-state index contributed by atoms with van der Waals surface area (Å²) in [5.41, 5.74) is 5.76. The zero-order chi connectivity index (χ0) is 13.1. The highest BCUT2D eigenvalue weighted by molar-refractivity contribution is 5.92. The van der Waals surface area contributed by atoms with Crippen LogP contribution in [0, 0.1) is 5.82 Å². The van der Waals surface area contributed by atoms with E-state index in [0.717, 1.165) is 6.20 Å². The summed E-state index contributed by atoms with van der Waals surface area (Å²) >= 11 is 0. The number of hydrogen-bond donors (Lipinski definition) is 2. The SMILES string of the molecule is Nc1nc(Cc2ccccc2F)ncc1C(=O)O.